The number of ether oxygens (including phenoxy) is 1. The van der Waals surface area contributed by atoms with Crippen LogP contribution in [0.2, 0.25) is 0 Å². The fraction of sp³-hybridized carbons (Fsp3) is 0.333. The van der Waals surface area contributed by atoms with Crippen LogP contribution in [0.15, 0.2) is 28.7 Å². The van der Waals surface area contributed by atoms with Crippen molar-refractivity contribution in [3.63, 3.8) is 0 Å². The van der Waals surface area contributed by atoms with E-state index in [2.05, 4.69) is 20.7 Å². The second-order valence-corrected chi connectivity index (χ2v) is 3.90. The van der Waals surface area contributed by atoms with Crippen molar-refractivity contribution < 1.29 is 26.7 Å². The summed E-state index contributed by atoms with van der Waals surface area (Å²) in [5.74, 6) is -0.322. The van der Waals surface area contributed by atoms with Crippen molar-refractivity contribution in [2.24, 2.45) is 0 Å². The molecule has 0 bridgehead atoms. The van der Waals surface area contributed by atoms with Crippen LogP contribution < -0.4 is 4.74 Å². The Labute approximate surface area is 96.3 Å². The minimum absolute atomic E-state index is 0.322. The monoisotopic (exact) mass is 304 g/mol. The summed E-state index contributed by atoms with van der Waals surface area (Å²) in [6.45, 7) is 0. The Kier molecular flexibility index (Phi) is 3.77. The number of hydrogen-bond acceptors (Lipinski definition) is 1. The van der Waals surface area contributed by atoms with E-state index in [4.69, 9.17) is 0 Å². The van der Waals surface area contributed by atoms with Crippen LogP contribution in [0, 0.1) is 0 Å². The van der Waals surface area contributed by atoms with Crippen LogP contribution in [0.1, 0.15) is 6.42 Å². The van der Waals surface area contributed by atoms with Gasteiger partial charge in [-0.3, -0.25) is 0 Å². The molecule has 0 aliphatic heterocycles. The van der Waals surface area contributed by atoms with Gasteiger partial charge in [0, 0.05) is 4.47 Å². The van der Waals surface area contributed by atoms with Gasteiger partial charge in [-0.25, -0.2) is 0 Å². The third kappa shape index (κ3) is 4.78. The summed E-state index contributed by atoms with van der Waals surface area (Å²) in [5, 5.41) is 0. The van der Waals surface area contributed by atoms with Gasteiger partial charge in [-0.2, -0.15) is 22.0 Å². The van der Waals surface area contributed by atoms with Gasteiger partial charge in [-0.15, -0.1) is 0 Å². The Bertz CT molecular complexity index is 346. The van der Waals surface area contributed by atoms with Crippen molar-refractivity contribution in [2.45, 2.75) is 18.7 Å². The summed E-state index contributed by atoms with van der Waals surface area (Å²) in [5.41, 5.74) is 0. The highest BCUT2D eigenvalue weighted by Gasteiger charge is 2.45. The maximum Gasteiger partial charge on any atom is 0.406 e. The lowest BCUT2D eigenvalue weighted by atomic mass is 10.3. The Morgan fingerprint density at radius 2 is 1.50 bits per heavy atom. The summed E-state index contributed by atoms with van der Waals surface area (Å²) in [7, 11) is 0. The maximum absolute atomic E-state index is 12.8. The molecule has 1 aromatic carbocycles. The zero-order chi connectivity index (χ0) is 12.4. The second kappa shape index (κ2) is 4.57. The van der Waals surface area contributed by atoms with Crippen LogP contribution in [-0.2, 0) is 0 Å². The molecule has 0 aliphatic rings. The first kappa shape index (κ1) is 13.2. The first-order valence-electron chi connectivity index (χ1n) is 4.07. The Morgan fingerprint density at radius 3 is 1.94 bits per heavy atom. The molecular weight excluding hydrogens is 299 g/mol. The fourth-order valence-electron chi connectivity index (χ4n) is 0.944. The van der Waals surface area contributed by atoms with Crippen LogP contribution in [0.3, 0.4) is 0 Å². The summed E-state index contributed by atoms with van der Waals surface area (Å²) in [6, 6.07) is 5.07. The number of halogens is 6. The topological polar surface area (TPSA) is 9.23 Å². The van der Waals surface area contributed by atoms with Crippen LogP contribution in [0.4, 0.5) is 22.0 Å². The first-order valence-corrected chi connectivity index (χ1v) is 4.86. The molecule has 16 heavy (non-hydrogen) atoms. The summed E-state index contributed by atoms with van der Waals surface area (Å²) in [6.07, 6.45) is -11.5. The highest BCUT2D eigenvalue weighted by molar-refractivity contribution is 9.10. The molecule has 0 fully saturated rings. The number of rotatable bonds is 3. The molecule has 1 aromatic rings. The Morgan fingerprint density at radius 1 is 1.00 bits per heavy atom. The molecular formula is C9H6BrF5O. The highest BCUT2D eigenvalue weighted by Crippen LogP contribution is 2.33. The molecule has 0 saturated carbocycles. The Balaban J connectivity index is 2.69. The van der Waals surface area contributed by atoms with E-state index in [1.807, 2.05) is 0 Å². The summed E-state index contributed by atoms with van der Waals surface area (Å²) >= 11 is 3.05. The number of benzene rings is 1. The number of alkyl halides is 5. The van der Waals surface area contributed by atoms with Gasteiger partial charge in [0.2, 0.25) is 0 Å². The smallest absolute Gasteiger partial charge is 0.406 e. The molecule has 0 unspecified atom stereocenters. The lowest BCUT2D eigenvalue weighted by molar-refractivity contribution is -0.255. The van der Waals surface area contributed by atoms with Crippen molar-refractivity contribution in [1.82, 2.24) is 0 Å². The molecule has 0 atom stereocenters. The van der Waals surface area contributed by atoms with Gasteiger partial charge in [0.05, 0.1) is 0 Å². The zero-order valence-electron chi connectivity index (χ0n) is 7.69. The van der Waals surface area contributed by atoms with E-state index in [9.17, 15) is 22.0 Å². The van der Waals surface area contributed by atoms with E-state index in [1.54, 1.807) is 0 Å². The van der Waals surface area contributed by atoms with Gasteiger partial charge in [0.15, 0.2) is 0 Å². The van der Waals surface area contributed by atoms with Gasteiger partial charge in [-0.1, -0.05) is 15.9 Å². The lowest BCUT2D eigenvalue weighted by Crippen LogP contribution is -2.31. The van der Waals surface area contributed by atoms with Gasteiger partial charge in [0.1, 0.15) is 12.2 Å². The fourth-order valence-corrected chi connectivity index (χ4v) is 1.21. The molecule has 0 radical (unpaired) electrons. The van der Waals surface area contributed by atoms with E-state index in [1.165, 1.54) is 12.1 Å². The molecule has 1 nitrogen and oxygen atoms in total. The molecule has 0 N–H and O–H groups in total. The van der Waals surface area contributed by atoms with Crippen LogP contribution in [0.5, 0.6) is 5.75 Å². The molecule has 90 valence electrons. The quantitative estimate of drug-likeness (QED) is 0.753. The predicted octanol–water partition coefficient (Wildman–Crippen LogP) is 4.37. The van der Waals surface area contributed by atoms with E-state index < -0.39 is 18.7 Å². The van der Waals surface area contributed by atoms with Crippen molar-refractivity contribution in [3.8, 4) is 5.75 Å². The minimum Gasteiger partial charge on any atom is -0.432 e. The average molecular weight is 305 g/mol. The summed E-state index contributed by atoms with van der Waals surface area (Å²) in [4.78, 5) is 0. The molecule has 7 heteroatoms. The minimum atomic E-state index is -4.97. The maximum atomic E-state index is 12.8. The molecule has 0 spiro atoms. The molecule has 0 heterocycles. The van der Waals surface area contributed by atoms with Crippen molar-refractivity contribution in [1.29, 1.82) is 0 Å². The first-order chi connectivity index (χ1) is 7.18. The largest absolute Gasteiger partial charge is 0.432 e. The molecule has 0 aliphatic carbocycles. The molecule has 0 amide bonds. The van der Waals surface area contributed by atoms with Gasteiger partial charge >= 0.3 is 12.3 Å². The average Bonchev–Trinajstić information content (AvgIpc) is 2.04. The van der Waals surface area contributed by atoms with Gasteiger partial charge in [-0.05, 0) is 24.3 Å². The van der Waals surface area contributed by atoms with Gasteiger partial charge < -0.3 is 4.74 Å². The van der Waals surface area contributed by atoms with E-state index in [-0.39, 0.29) is 5.75 Å². The van der Waals surface area contributed by atoms with Crippen molar-refractivity contribution in [3.05, 3.63) is 28.7 Å². The molecule has 0 aromatic heterocycles. The summed E-state index contributed by atoms with van der Waals surface area (Å²) < 4.78 is 65.3. The molecule has 1 rings (SSSR count). The van der Waals surface area contributed by atoms with Crippen LogP contribution >= 0.6 is 15.9 Å². The Hall–Kier alpha value is -0.850. The predicted molar refractivity (Wildman–Crippen MR) is 50.4 cm³/mol. The second-order valence-electron chi connectivity index (χ2n) is 2.99. The van der Waals surface area contributed by atoms with E-state index in [0.29, 0.717) is 4.47 Å². The SMILES string of the molecule is FC(F)(F)CC(F)(F)Oc1ccc(Br)cc1. The number of hydrogen-bond donors (Lipinski definition) is 0. The molecule has 0 saturated heterocycles. The van der Waals surface area contributed by atoms with E-state index >= 15 is 0 Å². The third-order valence-electron chi connectivity index (χ3n) is 1.49. The van der Waals surface area contributed by atoms with E-state index in [0.717, 1.165) is 12.1 Å². The van der Waals surface area contributed by atoms with Crippen LogP contribution in [-0.4, -0.2) is 12.3 Å². The zero-order valence-corrected chi connectivity index (χ0v) is 9.28. The van der Waals surface area contributed by atoms with Crippen LogP contribution in [0.25, 0.3) is 0 Å². The standard InChI is InChI=1S/C9H6BrF5O/c10-6-1-3-7(4-2-6)16-9(14,15)5-8(11,12)13/h1-4H,5H2. The van der Waals surface area contributed by atoms with Crippen molar-refractivity contribution >= 4 is 15.9 Å². The van der Waals surface area contributed by atoms with Crippen molar-refractivity contribution in [2.75, 3.05) is 0 Å². The normalized spacial score (nSPS) is 12.6. The lowest BCUT2D eigenvalue weighted by Gasteiger charge is -2.19. The highest BCUT2D eigenvalue weighted by atomic mass is 79.9. The van der Waals surface area contributed by atoms with Gasteiger partial charge in [0.25, 0.3) is 0 Å². The third-order valence-corrected chi connectivity index (χ3v) is 2.02.